The zero-order chi connectivity index (χ0) is 15.9. The van der Waals surface area contributed by atoms with Crippen molar-refractivity contribution in [1.82, 2.24) is 0 Å². The van der Waals surface area contributed by atoms with Crippen LogP contribution >= 0.6 is 0 Å². The molecule has 0 saturated heterocycles. The van der Waals surface area contributed by atoms with Crippen molar-refractivity contribution in [3.05, 3.63) is 23.8 Å². The Morgan fingerprint density at radius 3 is 2.52 bits per heavy atom. The van der Waals surface area contributed by atoms with E-state index in [9.17, 15) is 4.79 Å². The van der Waals surface area contributed by atoms with Crippen LogP contribution in [0.5, 0.6) is 5.75 Å². The van der Waals surface area contributed by atoms with E-state index < -0.39 is 0 Å². The average molecular weight is 292 g/mol. The van der Waals surface area contributed by atoms with E-state index in [0.29, 0.717) is 18.7 Å². The first-order valence-corrected chi connectivity index (χ1v) is 7.57. The number of anilines is 1. The van der Waals surface area contributed by atoms with Crippen molar-refractivity contribution < 1.29 is 9.53 Å². The largest absolute Gasteiger partial charge is 0.495 e. The van der Waals surface area contributed by atoms with Crippen molar-refractivity contribution in [2.24, 2.45) is 5.73 Å². The number of nitrogens with one attached hydrogen (secondary N) is 1. The van der Waals surface area contributed by atoms with E-state index in [-0.39, 0.29) is 11.3 Å². The van der Waals surface area contributed by atoms with Crippen LogP contribution in [0.25, 0.3) is 0 Å². The van der Waals surface area contributed by atoms with Gasteiger partial charge in [-0.1, -0.05) is 33.3 Å². The number of nitrogens with two attached hydrogens (primary N) is 1. The summed E-state index contributed by atoms with van der Waals surface area (Å²) in [6.07, 6.45) is 3.34. The molecule has 0 atom stereocenters. The highest BCUT2D eigenvalue weighted by atomic mass is 16.5. The van der Waals surface area contributed by atoms with Crippen molar-refractivity contribution in [2.75, 3.05) is 19.0 Å². The standard InChI is InChI=1S/C17H28N2O2/c1-17(2,3)13-9-10-15(21-4)14(12-13)19-16(20)8-6-5-7-11-18/h9-10,12H,5-8,11,18H2,1-4H3,(H,19,20). The Morgan fingerprint density at radius 2 is 1.95 bits per heavy atom. The van der Waals surface area contributed by atoms with E-state index >= 15 is 0 Å². The SMILES string of the molecule is COc1ccc(C(C)(C)C)cc1NC(=O)CCCCCN. The molecule has 1 rings (SSSR count). The molecule has 0 heterocycles. The number of hydrogen-bond donors (Lipinski definition) is 2. The van der Waals surface area contributed by atoms with Crippen LogP contribution in [0, 0.1) is 0 Å². The van der Waals surface area contributed by atoms with E-state index in [0.717, 1.165) is 24.9 Å². The van der Waals surface area contributed by atoms with Crippen molar-refractivity contribution in [1.29, 1.82) is 0 Å². The molecule has 0 spiro atoms. The van der Waals surface area contributed by atoms with Crippen LogP contribution in [0.4, 0.5) is 5.69 Å². The number of ether oxygens (including phenoxy) is 1. The summed E-state index contributed by atoms with van der Waals surface area (Å²) in [5.41, 5.74) is 7.39. The zero-order valence-corrected chi connectivity index (χ0v) is 13.7. The number of methoxy groups -OCH3 is 1. The van der Waals surface area contributed by atoms with Crippen molar-refractivity contribution in [2.45, 2.75) is 51.9 Å². The maximum Gasteiger partial charge on any atom is 0.224 e. The van der Waals surface area contributed by atoms with Gasteiger partial charge in [-0.05, 0) is 42.5 Å². The molecule has 0 saturated carbocycles. The first kappa shape index (κ1) is 17.5. The number of carbonyl (C=O) groups excluding carboxylic acids is 1. The molecule has 3 N–H and O–H groups in total. The summed E-state index contributed by atoms with van der Waals surface area (Å²) in [6.45, 7) is 7.12. The molecule has 21 heavy (non-hydrogen) atoms. The van der Waals surface area contributed by atoms with Crippen LogP contribution in [0.3, 0.4) is 0 Å². The lowest BCUT2D eigenvalue weighted by Crippen LogP contribution is -2.15. The second kappa shape index (κ2) is 8.03. The van der Waals surface area contributed by atoms with Gasteiger partial charge < -0.3 is 15.8 Å². The fourth-order valence-electron chi connectivity index (χ4n) is 2.09. The minimum Gasteiger partial charge on any atom is -0.495 e. The molecule has 0 radical (unpaired) electrons. The molecule has 0 aromatic heterocycles. The quantitative estimate of drug-likeness (QED) is 0.757. The van der Waals surface area contributed by atoms with Gasteiger partial charge in [-0.15, -0.1) is 0 Å². The van der Waals surface area contributed by atoms with Gasteiger partial charge in [-0.2, -0.15) is 0 Å². The van der Waals surface area contributed by atoms with Crippen molar-refractivity contribution >= 4 is 11.6 Å². The van der Waals surface area contributed by atoms with Gasteiger partial charge in [0, 0.05) is 6.42 Å². The van der Waals surface area contributed by atoms with E-state index in [1.165, 1.54) is 5.56 Å². The van der Waals surface area contributed by atoms with Gasteiger partial charge in [0.15, 0.2) is 0 Å². The molecule has 0 aliphatic rings. The lowest BCUT2D eigenvalue weighted by Gasteiger charge is -2.21. The summed E-state index contributed by atoms with van der Waals surface area (Å²) in [6, 6.07) is 5.94. The summed E-state index contributed by atoms with van der Waals surface area (Å²) in [5.74, 6) is 0.717. The Balaban J connectivity index is 2.74. The number of rotatable bonds is 7. The second-order valence-corrected chi connectivity index (χ2v) is 6.31. The van der Waals surface area contributed by atoms with Crippen LogP contribution in [-0.4, -0.2) is 19.6 Å². The molecule has 0 bridgehead atoms. The normalized spacial score (nSPS) is 11.3. The number of unbranched alkanes of at least 4 members (excludes halogenated alkanes) is 2. The van der Waals surface area contributed by atoms with Crippen LogP contribution in [0.1, 0.15) is 52.0 Å². The fraction of sp³-hybridized carbons (Fsp3) is 0.588. The topological polar surface area (TPSA) is 64.3 Å². The third-order valence-corrected chi connectivity index (χ3v) is 3.45. The minimum atomic E-state index is 0.0244. The van der Waals surface area contributed by atoms with Crippen LogP contribution in [0.15, 0.2) is 18.2 Å². The molecule has 4 nitrogen and oxygen atoms in total. The summed E-state index contributed by atoms with van der Waals surface area (Å²) in [4.78, 5) is 12.0. The Morgan fingerprint density at radius 1 is 1.24 bits per heavy atom. The molecule has 1 aromatic rings. The van der Waals surface area contributed by atoms with Gasteiger partial charge in [0.2, 0.25) is 5.91 Å². The molecule has 4 heteroatoms. The second-order valence-electron chi connectivity index (χ2n) is 6.31. The summed E-state index contributed by atoms with van der Waals surface area (Å²) in [7, 11) is 1.61. The molecular weight excluding hydrogens is 264 g/mol. The molecule has 118 valence electrons. The lowest BCUT2D eigenvalue weighted by molar-refractivity contribution is -0.116. The molecule has 0 aliphatic carbocycles. The van der Waals surface area contributed by atoms with Crippen molar-refractivity contribution in [3.63, 3.8) is 0 Å². The first-order valence-electron chi connectivity index (χ1n) is 7.57. The minimum absolute atomic E-state index is 0.0244. The van der Waals surface area contributed by atoms with Crippen LogP contribution in [-0.2, 0) is 10.2 Å². The average Bonchev–Trinajstić information content (AvgIpc) is 2.42. The highest BCUT2D eigenvalue weighted by molar-refractivity contribution is 5.92. The van der Waals surface area contributed by atoms with Crippen LogP contribution in [0.2, 0.25) is 0 Å². The Hall–Kier alpha value is -1.55. The van der Waals surface area contributed by atoms with Crippen LogP contribution < -0.4 is 15.8 Å². The summed E-state index contributed by atoms with van der Waals surface area (Å²) < 4.78 is 5.33. The Bertz CT molecular complexity index is 464. The smallest absolute Gasteiger partial charge is 0.224 e. The number of hydrogen-bond acceptors (Lipinski definition) is 3. The monoisotopic (exact) mass is 292 g/mol. The maximum absolute atomic E-state index is 12.0. The summed E-state index contributed by atoms with van der Waals surface area (Å²) >= 11 is 0. The zero-order valence-electron chi connectivity index (χ0n) is 13.7. The molecule has 0 fully saturated rings. The Kier molecular flexibility index (Phi) is 6.69. The van der Waals surface area contributed by atoms with Gasteiger partial charge in [-0.3, -0.25) is 4.79 Å². The van der Waals surface area contributed by atoms with E-state index in [1.54, 1.807) is 7.11 Å². The molecule has 1 aromatic carbocycles. The third-order valence-electron chi connectivity index (χ3n) is 3.45. The van der Waals surface area contributed by atoms with Gasteiger partial charge in [0.25, 0.3) is 0 Å². The highest BCUT2D eigenvalue weighted by Crippen LogP contribution is 2.31. The summed E-state index contributed by atoms with van der Waals surface area (Å²) in [5, 5.41) is 2.96. The predicted molar refractivity (Wildman–Crippen MR) is 87.8 cm³/mol. The van der Waals surface area contributed by atoms with Gasteiger partial charge in [-0.25, -0.2) is 0 Å². The van der Waals surface area contributed by atoms with E-state index in [1.807, 2.05) is 18.2 Å². The van der Waals surface area contributed by atoms with E-state index in [4.69, 9.17) is 10.5 Å². The highest BCUT2D eigenvalue weighted by Gasteiger charge is 2.16. The fourth-order valence-corrected chi connectivity index (χ4v) is 2.09. The maximum atomic E-state index is 12.0. The lowest BCUT2D eigenvalue weighted by atomic mass is 9.87. The van der Waals surface area contributed by atoms with Gasteiger partial charge >= 0.3 is 0 Å². The third kappa shape index (κ3) is 5.76. The number of benzene rings is 1. The molecule has 0 unspecified atom stereocenters. The van der Waals surface area contributed by atoms with Crippen molar-refractivity contribution in [3.8, 4) is 5.75 Å². The first-order chi connectivity index (χ1) is 9.88. The molecule has 1 amide bonds. The molecule has 0 aliphatic heterocycles. The predicted octanol–water partition coefficient (Wildman–Crippen LogP) is 3.45. The van der Waals surface area contributed by atoms with Gasteiger partial charge in [0.05, 0.1) is 12.8 Å². The van der Waals surface area contributed by atoms with E-state index in [2.05, 4.69) is 26.1 Å². The van der Waals surface area contributed by atoms with Gasteiger partial charge in [0.1, 0.15) is 5.75 Å². The Labute approximate surface area is 128 Å². The number of carbonyl (C=O) groups is 1. The molecular formula is C17H28N2O2. The number of amides is 1.